The van der Waals surface area contributed by atoms with E-state index in [0.29, 0.717) is 11.7 Å². The minimum absolute atomic E-state index is 0.0686. The Morgan fingerprint density at radius 1 is 1.05 bits per heavy atom. The van der Waals surface area contributed by atoms with Gasteiger partial charge in [-0.15, -0.1) is 0 Å². The van der Waals surface area contributed by atoms with Gasteiger partial charge in [0, 0.05) is 5.56 Å². The van der Waals surface area contributed by atoms with E-state index in [-0.39, 0.29) is 5.56 Å². The highest BCUT2D eigenvalue weighted by atomic mass is 19.2. The highest BCUT2D eigenvalue weighted by Crippen LogP contribution is 2.29. The van der Waals surface area contributed by atoms with Gasteiger partial charge in [-0.2, -0.15) is 0 Å². The fourth-order valence-electron chi connectivity index (χ4n) is 2.02. The van der Waals surface area contributed by atoms with E-state index < -0.39 is 17.7 Å². The first-order chi connectivity index (χ1) is 9.65. The summed E-state index contributed by atoms with van der Waals surface area (Å²) in [5, 5.41) is 10.1. The maximum Gasteiger partial charge on any atom is 0.164 e. The summed E-state index contributed by atoms with van der Waals surface area (Å²) in [7, 11) is 0. The Kier molecular flexibility index (Phi) is 3.40. The SMILES string of the molecule is OC(c1ccc(OC2CC2)cc1)c1cccc(F)c1F. The van der Waals surface area contributed by atoms with Gasteiger partial charge in [-0.3, -0.25) is 0 Å². The molecule has 1 saturated carbocycles. The minimum atomic E-state index is -1.19. The molecule has 1 unspecified atom stereocenters. The molecule has 1 fully saturated rings. The summed E-state index contributed by atoms with van der Waals surface area (Å²) in [5.41, 5.74) is 0.429. The summed E-state index contributed by atoms with van der Waals surface area (Å²) >= 11 is 0. The molecule has 1 aliphatic rings. The Morgan fingerprint density at radius 3 is 2.40 bits per heavy atom. The molecule has 0 aliphatic heterocycles. The average Bonchev–Trinajstić information content (AvgIpc) is 3.26. The number of hydrogen-bond donors (Lipinski definition) is 1. The van der Waals surface area contributed by atoms with Crippen molar-refractivity contribution < 1.29 is 18.6 Å². The van der Waals surface area contributed by atoms with Gasteiger partial charge in [-0.25, -0.2) is 8.78 Å². The van der Waals surface area contributed by atoms with Crippen LogP contribution in [0.2, 0.25) is 0 Å². The van der Waals surface area contributed by atoms with Gasteiger partial charge in [0.1, 0.15) is 11.9 Å². The Hall–Kier alpha value is -1.94. The lowest BCUT2D eigenvalue weighted by molar-refractivity contribution is 0.213. The third kappa shape index (κ3) is 2.65. The van der Waals surface area contributed by atoms with Crippen molar-refractivity contribution in [2.75, 3.05) is 0 Å². The summed E-state index contributed by atoms with van der Waals surface area (Å²) in [6.07, 6.45) is 1.24. The van der Waals surface area contributed by atoms with E-state index in [1.54, 1.807) is 24.3 Å². The number of aliphatic hydroxyl groups is 1. The molecular formula is C16H14F2O2. The Balaban J connectivity index is 1.82. The van der Waals surface area contributed by atoms with Crippen molar-refractivity contribution in [1.29, 1.82) is 0 Å². The second-order valence-electron chi connectivity index (χ2n) is 4.93. The van der Waals surface area contributed by atoms with Crippen LogP contribution in [0.15, 0.2) is 42.5 Å². The van der Waals surface area contributed by atoms with Gasteiger partial charge < -0.3 is 9.84 Å². The molecule has 2 aromatic carbocycles. The zero-order chi connectivity index (χ0) is 14.1. The van der Waals surface area contributed by atoms with Gasteiger partial charge in [0.25, 0.3) is 0 Å². The van der Waals surface area contributed by atoms with E-state index in [4.69, 9.17) is 4.74 Å². The Labute approximate surface area is 115 Å². The summed E-state index contributed by atoms with van der Waals surface area (Å²) < 4.78 is 32.4. The van der Waals surface area contributed by atoms with Crippen LogP contribution >= 0.6 is 0 Å². The van der Waals surface area contributed by atoms with Crippen molar-refractivity contribution >= 4 is 0 Å². The normalized spacial score (nSPS) is 15.9. The van der Waals surface area contributed by atoms with Crippen molar-refractivity contribution in [3.8, 4) is 5.75 Å². The van der Waals surface area contributed by atoms with E-state index in [1.165, 1.54) is 12.1 Å². The predicted octanol–water partition coefficient (Wildman–Crippen LogP) is 3.59. The van der Waals surface area contributed by atoms with Crippen molar-refractivity contribution in [3.63, 3.8) is 0 Å². The number of hydrogen-bond acceptors (Lipinski definition) is 2. The number of benzene rings is 2. The summed E-state index contributed by atoms with van der Waals surface area (Å²) in [5.74, 6) is -1.25. The van der Waals surface area contributed by atoms with Crippen LogP contribution in [0, 0.1) is 11.6 Å². The number of aliphatic hydroxyl groups excluding tert-OH is 1. The predicted molar refractivity (Wildman–Crippen MR) is 70.5 cm³/mol. The third-order valence-electron chi connectivity index (χ3n) is 3.30. The second kappa shape index (κ2) is 5.21. The van der Waals surface area contributed by atoms with Crippen LogP contribution in [-0.2, 0) is 0 Å². The van der Waals surface area contributed by atoms with Crippen LogP contribution in [0.4, 0.5) is 8.78 Å². The molecule has 4 heteroatoms. The zero-order valence-corrected chi connectivity index (χ0v) is 10.7. The molecule has 0 amide bonds. The van der Waals surface area contributed by atoms with Crippen molar-refractivity contribution in [3.05, 3.63) is 65.2 Å². The van der Waals surface area contributed by atoms with E-state index in [0.717, 1.165) is 24.7 Å². The van der Waals surface area contributed by atoms with Crippen LogP contribution in [0.1, 0.15) is 30.1 Å². The molecule has 3 rings (SSSR count). The van der Waals surface area contributed by atoms with Crippen LogP contribution in [0.25, 0.3) is 0 Å². The molecule has 0 aromatic heterocycles. The fourth-order valence-corrected chi connectivity index (χ4v) is 2.02. The zero-order valence-electron chi connectivity index (χ0n) is 10.7. The molecule has 2 nitrogen and oxygen atoms in total. The molecule has 0 radical (unpaired) electrons. The van der Waals surface area contributed by atoms with Crippen molar-refractivity contribution in [2.24, 2.45) is 0 Å². The van der Waals surface area contributed by atoms with Gasteiger partial charge in [0.05, 0.1) is 6.10 Å². The van der Waals surface area contributed by atoms with Crippen molar-refractivity contribution in [2.45, 2.75) is 25.0 Å². The monoisotopic (exact) mass is 276 g/mol. The van der Waals surface area contributed by atoms with Gasteiger partial charge >= 0.3 is 0 Å². The maximum atomic E-state index is 13.6. The highest BCUT2D eigenvalue weighted by molar-refractivity contribution is 5.35. The lowest BCUT2D eigenvalue weighted by Crippen LogP contribution is -2.04. The van der Waals surface area contributed by atoms with E-state index >= 15 is 0 Å². The lowest BCUT2D eigenvalue weighted by Gasteiger charge is -2.13. The Bertz CT molecular complexity index is 606. The molecule has 0 heterocycles. The van der Waals surface area contributed by atoms with Crippen LogP contribution in [0.5, 0.6) is 5.75 Å². The molecule has 1 N–H and O–H groups in total. The largest absolute Gasteiger partial charge is 0.490 e. The van der Waals surface area contributed by atoms with E-state index in [9.17, 15) is 13.9 Å². The number of rotatable bonds is 4. The van der Waals surface area contributed by atoms with Gasteiger partial charge in [0.2, 0.25) is 0 Å². The lowest BCUT2D eigenvalue weighted by atomic mass is 10.0. The van der Waals surface area contributed by atoms with Crippen LogP contribution in [0.3, 0.4) is 0 Å². The average molecular weight is 276 g/mol. The second-order valence-corrected chi connectivity index (χ2v) is 4.93. The first kappa shape index (κ1) is 13.1. The van der Waals surface area contributed by atoms with Gasteiger partial charge in [0.15, 0.2) is 11.6 Å². The van der Waals surface area contributed by atoms with E-state index in [2.05, 4.69) is 0 Å². The number of ether oxygens (including phenoxy) is 1. The van der Waals surface area contributed by atoms with Crippen LogP contribution < -0.4 is 4.74 Å². The quantitative estimate of drug-likeness (QED) is 0.924. The minimum Gasteiger partial charge on any atom is -0.490 e. The molecule has 1 atom stereocenters. The first-order valence-corrected chi connectivity index (χ1v) is 6.54. The maximum absolute atomic E-state index is 13.6. The fraction of sp³-hybridized carbons (Fsp3) is 0.250. The topological polar surface area (TPSA) is 29.5 Å². The number of halogens is 2. The molecule has 0 saturated heterocycles. The third-order valence-corrected chi connectivity index (χ3v) is 3.30. The Morgan fingerprint density at radius 2 is 1.75 bits per heavy atom. The molecular weight excluding hydrogens is 262 g/mol. The molecule has 104 valence electrons. The molecule has 20 heavy (non-hydrogen) atoms. The molecule has 2 aromatic rings. The van der Waals surface area contributed by atoms with Crippen LogP contribution in [-0.4, -0.2) is 11.2 Å². The molecule has 0 spiro atoms. The summed E-state index contributed by atoms with van der Waals surface area (Å²) in [4.78, 5) is 0. The standard InChI is InChI=1S/C16H14F2O2/c17-14-3-1-2-13(15(14)18)16(19)10-4-6-11(7-5-10)20-12-8-9-12/h1-7,12,16,19H,8-9H2. The highest BCUT2D eigenvalue weighted by Gasteiger charge is 2.23. The smallest absolute Gasteiger partial charge is 0.164 e. The summed E-state index contributed by atoms with van der Waals surface area (Å²) in [6.45, 7) is 0. The van der Waals surface area contributed by atoms with Crippen molar-refractivity contribution in [1.82, 2.24) is 0 Å². The van der Waals surface area contributed by atoms with E-state index in [1.807, 2.05) is 0 Å². The molecule has 1 aliphatic carbocycles. The molecule has 0 bridgehead atoms. The summed E-state index contributed by atoms with van der Waals surface area (Å²) in [6, 6.07) is 10.6. The first-order valence-electron chi connectivity index (χ1n) is 6.54. The van der Waals surface area contributed by atoms with Gasteiger partial charge in [-0.1, -0.05) is 24.3 Å². The van der Waals surface area contributed by atoms with Gasteiger partial charge in [-0.05, 0) is 36.6 Å².